The van der Waals surface area contributed by atoms with Crippen LogP contribution in [0.2, 0.25) is 5.02 Å². The van der Waals surface area contributed by atoms with Crippen LogP contribution in [-0.4, -0.2) is 39.4 Å². The maximum absolute atomic E-state index is 6.26. The average molecular weight is 504 g/mol. The molecule has 0 spiro atoms. The van der Waals surface area contributed by atoms with Crippen molar-refractivity contribution in [2.75, 3.05) is 33.4 Å². The van der Waals surface area contributed by atoms with Gasteiger partial charge < -0.3 is 24.8 Å². The second-order valence-electron chi connectivity index (χ2n) is 5.62. The van der Waals surface area contributed by atoms with Gasteiger partial charge in [-0.05, 0) is 29.8 Å². The zero-order valence-electron chi connectivity index (χ0n) is 15.0. The van der Waals surface area contributed by atoms with Gasteiger partial charge in [-0.1, -0.05) is 29.8 Å². The molecule has 0 bridgehead atoms. The van der Waals surface area contributed by atoms with E-state index >= 15 is 0 Å². The Balaban J connectivity index is 0.00000261. The number of nitrogens with one attached hydrogen (secondary N) is 2. The average Bonchev–Trinajstić information content (AvgIpc) is 2.68. The first-order valence-corrected chi connectivity index (χ1v) is 8.84. The lowest BCUT2D eigenvalue weighted by atomic mass is 10.2. The number of ether oxygens (including phenoxy) is 3. The Morgan fingerprint density at radius 2 is 1.93 bits per heavy atom. The molecular weight excluding hydrogens is 481 g/mol. The first kappa shape index (κ1) is 21.4. The number of benzene rings is 2. The van der Waals surface area contributed by atoms with E-state index < -0.39 is 0 Å². The topological polar surface area (TPSA) is 64.1 Å². The van der Waals surface area contributed by atoms with Crippen molar-refractivity contribution in [1.29, 1.82) is 0 Å². The highest BCUT2D eigenvalue weighted by Gasteiger charge is 2.16. The number of guanidine groups is 1. The van der Waals surface area contributed by atoms with Crippen LogP contribution >= 0.6 is 35.6 Å². The van der Waals surface area contributed by atoms with Gasteiger partial charge in [0, 0.05) is 13.6 Å². The molecule has 8 heteroatoms. The minimum absolute atomic E-state index is 0. The molecule has 3 rings (SSSR count). The maximum Gasteiger partial charge on any atom is 0.191 e. The van der Waals surface area contributed by atoms with Crippen molar-refractivity contribution in [2.45, 2.75) is 6.54 Å². The van der Waals surface area contributed by atoms with Crippen molar-refractivity contribution < 1.29 is 14.2 Å². The molecule has 0 aromatic heterocycles. The number of hydrogen-bond acceptors (Lipinski definition) is 4. The monoisotopic (exact) mass is 503 g/mol. The summed E-state index contributed by atoms with van der Waals surface area (Å²) in [5.74, 6) is 2.83. The van der Waals surface area contributed by atoms with Crippen LogP contribution < -0.4 is 24.8 Å². The van der Waals surface area contributed by atoms with E-state index in [2.05, 4.69) is 15.6 Å². The van der Waals surface area contributed by atoms with Gasteiger partial charge >= 0.3 is 0 Å². The van der Waals surface area contributed by atoms with Crippen molar-refractivity contribution in [3.8, 4) is 17.2 Å². The summed E-state index contributed by atoms with van der Waals surface area (Å²) in [5, 5.41) is 7.01. The van der Waals surface area contributed by atoms with Gasteiger partial charge in [-0.15, -0.1) is 24.0 Å². The molecule has 146 valence electrons. The summed E-state index contributed by atoms with van der Waals surface area (Å²) in [4.78, 5) is 4.21. The lowest BCUT2D eigenvalue weighted by molar-refractivity contribution is 0.171. The molecule has 1 aliphatic rings. The third kappa shape index (κ3) is 6.35. The molecule has 0 amide bonds. The van der Waals surface area contributed by atoms with Gasteiger partial charge in [0.25, 0.3) is 0 Å². The van der Waals surface area contributed by atoms with Gasteiger partial charge in [0.2, 0.25) is 0 Å². The van der Waals surface area contributed by atoms with E-state index in [-0.39, 0.29) is 24.0 Å². The number of fused-ring (bicyclic) bond motifs is 1. The Morgan fingerprint density at radius 1 is 1.15 bits per heavy atom. The number of nitrogens with zero attached hydrogens (tertiary/aromatic N) is 1. The maximum atomic E-state index is 6.26. The lowest BCUT2D eigenvalue weighted by Gasteiger charge is -2.20. The molecule has 0 atom stereocenters. The van der Waals surface area contributed by atoms with E-state index in [1.165, 1.54) is 0 Å². The molecule has 6 nitrogen and oxygen atoms in total. The quantitative estimate of drug-likeness (QED) is 0.274. The van der Waals surface area contributed by atoms with E-state index in [9.17, 15) is 0 Å². The Labute approximate surface area is 181 Å². The third-order valence-corrected chi connectivity index (χ3v) is 4.03. The van der Waals surface area contributed by atoms with Gasteiger partial charge in [-0.2, -0.15) is 0 Å². The fourth-order valence-electron chi connectivity index (χ4n) is 2.53. The predicted molar refractivity (Wildman–Crippen MR) is 118 cm³/mol. The molecule has 0 fully saturated rings. The Kier molecular flexibility index (Phi) is 8.80. The Hall–Kier alpha value is -1.87. The van der Waals surface area contributed by atoms with Crippen LogP contribution in [0.15, 0.2) is 47.5 Å². The molecule has 0 saturated heterocycles. The number of halogens is 2. The Bertz CT molecular complexity index is 759. The normalized spacial score (nSPS) is 12.7. The molecule has 0 unspecified atom stereocenters. The van der Waals surface area contributed by atoms with Gasteiger partial charge in [-0.25, -0.2) is 0 Å². The van der Waals surface area contributed by atoms with Crippen LogP contribution in [0.5, 0.6) is 17.2 Å². The highest BCUT2D eigenvalue weighted by molar-refractivity contribution is 14.0. The largest absolute Gasteiger partial charge is 0.492 e. The van der Waals surface area contributed by atoms with Crippen LogP contribution in [0.25, 0.3) is 0 Å². The summed E-state index contributed by atoms with van der Waals surface area (Å²) in [6, 6.07) is 13.5. The molecule has 0 saturated carbocycles. The van der Waals surface area contributed by atoms with Crippen LogP contribution in [0.3, 0.4) is 0 Å². The van der Waals surface area contributed by atoms with Crippen molar-refractivity contribution >= 4 is 41.5 Å². The van der Waals surface area contributed by atoms with Gasteiger partial charge in [0.05, 0.1) is 11.6 Å². The fourth-order valence-corrected chi connectivity index (χ4v) is 2.82. The van der Waals surface area contributed by atoms with Crippen LogP contribution in [0.4, 0.5) is 0 Å². The molecular formula is C19H23ClIN3O3. The standard InChI is InChI=1S/C19H22ClN3O3.HI/c1-21-19(22-7-8-24-15-5-3-2-4-6-15)23-13-14-11-16(20)18-17(12-14)25-9-10-26-18;/h2-6,11-12H,7-10,13H2,1H3,(H2,21,22,23);1H. The van der Waals surface area contributed by atoms with Crippen molar-refractivity contribution in [2.24, 2.45) is 4.99 Å². The van der Waals surface area contributed by atoms with Gasteiger partial charge in [0.1, 0.15) is 25.6 Å². The number of rotatable bonds is 6. The Morgan fingerprint density at radius 3 is 2.70 bits per heavy atom. The molecule has 1 aliphatic heterocycles. The minimum Gasteiger partial charge on any atom is -0.492 e. The third-order valence-electron chi connectivity index (χ3n) is 3.75. The second kappa shape index (κ2) is 11.1. The summed E-state index contributed by atoms with van der Waals surface area (Å²) in [6.07, 6.45) is 0. The first-order valence-electron chi connectivity index (χ1n) is 8.46. The second-order valence-corrected chi connectivity index (χ2v) is 6.02. The van der Waals surface area contributed by atoms with E-state index in [4.69, 9.17) is 25.8 Å². The minimum atomic E-state index is 0. The summed E-state index contributed by atoms with van der Waals surface area (Å²) in [7, 11) is 1.73. The molecule has 1 heterocycles. The van der Waals surface area contributed by atoms with E-state index in [0.29, 0.717) is 55.4 Å². The van der Waals surface area contributed by atoms with Crippen molar-refractivity contribution in [3.05, 3.63) is 53.1 Å². The summed E-state index contributed by atoms with van der Waals surface area (Å²) in [6.45, 7) is 2.80. The van der Waals surface area contributed by atoms with E-state index in [0.717, 1.165) is 11.3 Å². The highest BCUT2D eigenvalue weighted by Crippen LogP contribution is 2.38. The van der Waals surface area contributed by atoms with Crippen LogP contribution in [0.1, 0.15) is 5.56 Å². The van der Waals surface area contributed by atoms with Crippen LogP contribution in [0, 0.1) is 0 Å². The summed E-state index contributed by atoms with van der Waals surface area (Å²) < 4.78 is 16.8. The molecule has 2 aromatic carbocycles. The van der Waals surface area contributed by atoms with E-state index in [1.807, 2.05) is 42.5 Å². The number of aliphatic imine (C=N–C) groups is 1. The number of hydrogen-bond donors (Lipinski definition) is 2. The first-order chi connectivity index (χ1) is 12.8. The molecule has 0 radical (unpaired) electrons. The van der Waals surface area contributed by atoms with E-state index in [1.54, 1.807) is 7.05 Å². The van der Waals surface area contributed by atoms with Crippen molar-refractivity contribution in [3.63, 3.8) is 0 Å². The zero-order valence-corrected chi connectivity index (χ0v) is 18.1. The van der Waals surface area contributed by atoms with Crippen molar-refractivity contribution in [1.82, 2.24) is 10.6 Å². The zero-order chi connectivity index (χ0) is 18.2. The SMILES string of the molecule is CN=C(NCCOc1ccccc1)NCc1cc(Cl)c2c(c1)OCCO2.I. The lowest BCUT2D eigenvalue weighted by Crippen LogP contribution is -2.38. The molecule has 2 N–H and O–H groups in total. The van der Waals surface area contributed by atoms with Crippen LogP contribution in [-0.2, 0) is 6.54 Å². The molecule has 27 heavy (non-hydrogen) atoms. The highest BCUT2D eigenvalue weighted by atomic mass is 127. The fraction of sp³-hybridized carbons (Fsp3) is 0.316. The smallest absolute Gasteiger partial charge is 0.191 e. The number of para-hydroxylation sites is 1. The summed E-state index contributed by atoms with van der Waals surface area (Å²) >= 11 is 6.26. The van der Waals surface area contributed by atoms with Gasteiger partial charge in [-0.3, -0.25) is 4.99 Å². The summed E-state index contributed by atoms with van der Waals surface area (Å²) in [5.41, 5.74) is 0.989. The molecule has 2 aromatic rings. The van der Waals surface area contributed by atoms with Gasteiger partial charge in [0.15, 0.2) is 17.5 Å². The predicted octanol–water partition coefficient (Wildman–Crippen LogP) is 3.47. The molecule has 0 aliphatic carbocycles.